The number of rotatable bonds is 7. The molecule has 0 aliphatic carbocycles. The Hall–Kier alpha value is -1.73. The van der Waals surface area contributed by atoms with Crippen molar-refractivity contribution >= 4 is 27.5 Å². The maximum atomic E-state index is 12.3. The van der Waals surface area contributed by atoms with Crippen LogP contribution in [0.4, 0.5) is 0 Å². The van der Waals surface area contributed by atoms with Crippen LogP contribution in [0.5, 0.6) is 0 Å². The zero-order valence-electron chi connectivity index (χ0n) is 14.2. The van der Waals surface area contributed by atoms with E-state index in [9.17, 15) is 9.59 Å². The molecule has 126 valence electrons. The van der Waals surface area contributed by atoms with Gasteiger partial charge >= 0.3 is 0 Å². The molecular weight excluding hydrogens is 312 g/mol. The Bertz CT molecular complexity index is 748. The molecule has 0 unspecified atom stereocenters. The van der Waals surface area contributed by atoms with E-state index in [0.29, 0.717) is 39.6 Å². The first-order valence-corrected chi connectivity index (χ1v) is 8.71. The minimum Gasteiger partial charge on any atom is -0.351 e. The molecule has 1 amide bonds. The van der Waals surface area contributed by atoms with Crippen molar-refractivity contribution in [1.82, 2.24) is 20.2 Å². The fourth-order valence-corrected chi connectivity index (χ4v) is 3.55. The minimum absolute atomic E-state index is 0.116. The van der Waals surface area contributed by atoms with Crippen molar-refractivity contribution in [2.75, 3.05) is 20.6 Å². The summed E-state index contributed by atoms with van der Waals surface area (Å²) in [6, 6.07) is 0. The first-order valence-electron chi connectivity index (χ1n) is 7.89. The van der Waals surface area contributed by atoms with Gasteiger partial charge in [0, 0.05) is 6.54 Å². The van der Waals surface area contributed by atoms with E-state index in [4.69, 9.17) is 0 Å². The van der Waals surface area contributed by atoms with E-state index in [0.717, 1.165) is 19.3 Å². The highest BCUT2D eigenvalue weighted by molar-refractivity contribution is 7.20. The van der Waals surface area contributed by atoms with Gasteiger partial charge in [-0.2, -0.15) is 0 Å². The largest absolute Gasteiger partial charge is 0.351 e. The second kappa shape index (κ2) is 7.70. The van der Waals surface area contributed by atoms with Gasteiger partial charge in [0.05, 0.1) is 16.8 Å². The highest BCUT2D eigenvalue weighted by atomic mass is 32.1. The molecule has 0 radical (unpaired) electrons. The summed E-state index contributed by atoms with van der Waals surface area (Å²) in [6.07, 6.45) is 3.19. The smallest absolute Gasteiger partial charge is 0.261 e. The zero-order valence-corrected chi connectivity index (χ0v) is 15.0. The number of unbranched alkanes of at least 4 members (excludes halogenated alkanes) is 2. The number of aryl methyl sites for hydroxylation is 1. The van der Waals surface area contributed by atoms with Crippen LogP contribution in [-0.2, 0) is 6.54 Å². The molecule has 0 spiro atoms. The van der Waals surface area contributed by atoms with Gasteiger partial charge in [0.15, 0.2) is 0 Å². The zero-order chi connectivity index (χ0) is 17.0. The molecule has 23 heavy (non-hydrogen) atoms. The minimum atomic E-state index is -0.175. The van der Waals surface area contributed by atoms with Crippen molar-refractivity contribution in [3.05, 3.63) is 26.6 Å². The summed E-state index contributed by atoms with van der Waals surface area (Å²) in [5, 5.41) is 3.45. The second-order valence-electron chi connectivity index (χ2n) is 5.95. The van der Waals surface area contributed by atoms with Gasteiger partial charge in [0.25, 0.3) is 11.5 Å². The number of hydrogen-bond acceptors (Lipinski definition) is 5. The van der Waals surface area contributed by atoms with E-state index in [1.165, 1.54) is 11.3 Å². The lowest BCUT2D eigenvalue weighted by Crippen LogP contribution is -2.24. The number of H-pyrrole nitrogens is 1. The maximum Gasteiger partial charge on any atom is 0.261 e. The molecule has 0 saturated carbocycles. The number of aromatic nitrogens is 2. The third-order valence-electron chi connectivity index (χ3n) is 3.59. The number of nitrogens with one attached hydrogen (secondary N) is 2. The van der Waals surface area contributed by atoms with Gasteiger partial charge in [-0.3, -0.25) is 9.59 Å². The van der Waals surface area contributed by atoms with E-state index in [1.807, 2.05) is 25.9 Å². The molecule has 6 nitrogen and oxygen atoms in total. The van der Waals surface area contributed by atoms with Crippen LogP contribution in [0, 0.1) is 6.92 Å². The number of nitrogens with zero attached hydrogens (tertiary/aromatic N) is 2. The molecule has 2 N–H and O–H groups in total. The molecule has 0 aliphatic rings. The van der Waals surface area contributed by atoms with Crippen molar-refractivity contribution in [2.45, 2.75) is 39.7 Å². The average molecular weight is 336 g/mol. The van der Waals surface area contributed by atoms with Crippen molar-refractivity contribution in [3.63, 3.8) is 0 Å². The molecule has 0 aliphatic heterocycles. The third-order valence-corrected chi connectivity index (χ3v) is 4.77. The van der Waals surface area contributed by atoms with Crippen LogP contribution < -0.4 is 10.9 Å². The summed E-state index contributed by atoms with van der Waals surface area (Å²) < 4.78 is 0. The maximum absolute atomic E-state index is 12.3. The van der Waals surface area contributed by atoms with Crippen LogP contribution in [0.3, 0.4) is 0 Å². The Morgan fingerprint density at radius 2 is 2.09 bits per heavy atom. The van der Waals surface area contributed by atoms with Crippen molar-refractivity contribution in [2.24, 2.45) is 0 Å². The summed E-state index contributed by atoms with van der Waals surface area (Å²) in [7, 11) is 3.83. The van der Waals surface area contributed by atoms with Gasteiger partial charge in [-0.1, -0.05) is 19.8 Å². The summed E-state index contributed by atoms with van der Waals surface area (Å²) in [5.41, 5.74) is 0.536. The molecule has 2 rings (SSSR count). The number of carbonyl (C=O) groups excluding carboxylic acids is 1. The van der Waals surface area contributed by atoms with Crippen LogP contribution in [0.25, 0.3) is 10.2 Å². The fraction of sp³-hybridized carbons (Fsp3) is 0.562. The molecule has 0 fully saturated rings. The second-order valence-corrected chi connectivity index (χ2v) is 6.95. The van der Waals surface area contributed by atoms with Gasteiger partial charge in [0.2, 0.25) is 0 Å². The van der Waals surface area contributed by atoms with E-state index in [-0.39, 0.29) is 11.5 Å². The normalized spacial score (nSPS) is 11.3. The summed E-state index contributed by atoms with van der Waals surface area (Å²) >= 11 is 1.29. The molecule has 7 heteroatoms. The Labute approximate surface area is 139 Å². The van der Waals surface area contributed by atoms with Gasteiger partial charge < -0.3 is 15.2 Å². The van der Waals surface area contributed by atoms with E-state index < -0.39 is 0 Å². The van der Waals surface area contributed by atoms with Crippen LogP contribution in [0.2, 0.25) is 0 Å². The predicted molar refractivity (Wildman–Crippen MR) is 94.2 cm³/mol. The predicted octanol–water partition coefficient (Wildman–Crippen LogP) is 2.27. The quantitative estimate of drug-likeness (QED) is 0.760. The number of carbonyl (C=O) groups is 1. The number of fused-ring (bicyclic) bond motifs is 1. The molecule has 2 heterocycles. The van der Waals surface area contributed by atoms with Gasteiger partial charge in [-0.25, -0.2) is 4.98 Å². The molecule has 2 aromatic rings. The molecule has 0 aromatic carbocycles. The van der Waals surface area contributed by atoms with E-state index in [1.54, 1.807) is 0 Å². The molecular formula is C16H24N4O2S. The van der Waals surface area contributed by atoms with Gasteiger partial charge in [-0.05, 0) is 33.0 Å². The SMILES string of the molecule is CCCCCNC(=O)c1sc2nc(CN(C)C)[nH]c(=O)c2c1C. The summed E-state index contributed by atoms with van der Waals surface area (Å²) in [5.74, 6) is 0.499. The average Bonchev–Trinajstić information content (AvgIpc) is 2.80. The van der Waals surface area contributed by atoms with Crippen LogP contribution in [0.1, 0.15) is 47.2 Å². The molecule has 2 aromatic heterocycles. The Balaban J connectivity index is 2.28. The van der Waals surface area contributed by atoms with Crippen molar-refractivity contribution in [1.29, 1.82) is 0 Å². The van der Waals surface area contributed by atoms with E-state index >= 15 is 0 Å². The number of thiophene rings is 1. The molecule has 0 atom stereocenters. The number of aromatic amines is 1. The highest BCUT2D eigenvalue weighted by Gasteiger charge is 2.19. The van der Waals surface area contributed by atoms with Crippen LogP contribution in [-0.4, -0.2) is 41.4 Å². The first-order chi connectivity index (χ1) is 10.9. The Morgan fingerprint density at radius 3 is 2.74 bits per heavy atom. The standard InChI is InChI=1S/C16H24N4O2S/c1-5-6-7-8-17-15(22)13-10(2)12-14(21)18-11(9-20(3)4)19-16(12)23-13/h5-9H2,1-4H3,(H,17,22)(H,18,19,21). The fourth-order valence-electron chi connectivity index (χ4n) is 2.44. The van der Waals surface area contributed by atoms with Crippen LogP contribution in [0.15, 0.2) is 4.79 Å². The molecule has 0 bridgehead atoms. The summed E-state index contributed by atoms with van der Waals surface area (Å²) in [4.78, 5) is 35.1. The van der Waals surface area contributed by atoms with Crippen molar-refractivity contribution < 1.29 is 4.79 Å². The van der Waals surface area contributed by atoms with Gasteiger partial charge in [0.1, 0.15) is 10.7 Å². The topological polar surface area (TPSA) is 78.1 Å². The number of amides is 1. The first kappa shape index (κ1) is 17.6. The monoisotopic (exact) mass is 336 g/mol. The Morgan fingerprint density at radius 1 is 1.35 bits per heavy atom. The lowest BCUT2D eigenvalue weighted by molar-refractivity contribution is 0.0956. The van der Waals surface area contributed by atoms with Crippen molar-refractivity contribution in [3.8, 4) is 0 Å². The third kappa shape index (κ3) is 4.17. The van der Waals surface area contributed by atoms with Crippen LogP contribution >= 0.6 is 11.3 Å². The molecule has 0 saturated heterocycles. The highest BCUT2D eigenvalue weighted by Crippen LogP contribution is 2.26. The Kier molecular flexibility index (Phi) is 5.90. The lowest BCUT2D eigenvalue weighted by Gasteiger charge is -2.07. The summed E-state index contributed by atoms with van der Waals surface area (Å²) in [6.45, 7) is 5.15. The van der Waals surface area contributed by atoms with E-state index in [2.05, 4.69) is 22.2 Å². The van der Waals surface area contributed by atoms with Gasteiger partial charge in [-0.15, -0.1) is 11.3 Å². The number of hydrogen-bond donors (Lipinski definition) is 2. The lowest BCUT2D eigenvalue weighted by atomic mass is 10.2.